The third-order valence-electron chi connectivity index (χ3n) is 1.50. The van der Waals surface area contributed by atoms with Crippen LogP contribution in [0.4, 0.5) is 0 Å². The molecule has 2 atom stereocenters. The van der Waals surface area contributed by atoms with Crippen molar-refractivity contribution in [1.29, 1.82) is 0 Å². The molecule has 0 aromatic rings. The predicted molar refractivity (Wildman–Crippen MR) is 34.9 cm³/mol. The van der Waals surface area contributed by atoms with Crippen molar-refractivity contribution in [3.05, 3.63) is 0 Å². The van der Waals surface area contributed by atoms with Gasteiger partial charge in [0.1, 0.15) is 0 Å². The summed E-state index contributed by atoms with van der Waals surface area (Å²) < 4.78 is 20.4. The maximum absolute atomic E-state index is 10.3. The lowest BCUT2D eigenvalue weighted by atomic mass is 10.2. The first-order valence-corrected chi connectivity index (χ1v) is 3.87. The van der Waals surface area contributed by atoms with Crippen LogP contribution in [0.3, 0.4) is 0 Å². The second-order valence-electron chi connectivity index (χ2n) is 1.96. The summed E-state index contributed by atoms with van der Waals surface area (Å²) in [6.45, 7) is 0.717. The summed E-state index contributed by atoms with van der Waals surface area (Å²) in [5.74, 6) is 0. The van der Waals surface area contributed by atoms with Crippen molar-refractivity contribution in [2.45, 2.75) is 12.6 Å². The van der Waals surface area contributed by atoms with E-state index in [0.29, 0.717) is 6.54 Å². The van der Waals surface area contributed by atoms with Crippen molar-refractivity contribution in [3.8, 4) is 0 Å². The molecule has 1 heterocycles. The number of nitrogens with one attached hydrogen (secondary N) is 1. The van der Waals surface area contributed by atoms with Crippen LogP contribution in [0.25, 0.3) is 0 Å². The van der Waals surface area contributed by atoms with Crippen molar-refractivity contribution >= 4 is 11.3 Å². The van der Waals surface area contributed by atoms with Crippen LogP contribution in [0.5, 0.6) is 0 Å². The van der Waals surface area contributed by atoms with Gasteiger partial charge in [0.05, 0.1) is 6.17 Å². The number of rotatable bonds is 2. The summed E-state index contributed by atoms with van der Waals surface area (Å²) in [4.78, 5) is 0. The molecule has 0 aliphatic carbocycles. The van der Waals surface area contributed by atoms with E-state index in [1.807, 2.05) is 0 Å². The van der Waals surface area contributed by atoms with Gasteiger partial charge < -0.3 is 5.32 Å². The van der Waals surface area contributed by atoms with Gasteiger partial charge in [-0.2, -0.15) is 4.31 Å². The van der Waals surface area contributed by atoms with Crippen molar-refractivity contribution in [2.24, 2.45) is 0 Å². The van der Waals surface area contributed by atoms with Crippen molar-refractivity contribution < 1.29 is 8.76 Å². The standard InChI is InChI=1S/C4H10N2O2S/c1-5-4-2-3-6(4)9(7)8/h4-5H,2-3H2,1H3,(H,7,8). The molecule has 2 N–H and O–H groups in total. The third kappa shape index (κ3) is 1.29. The van der Waals surface area contributed by atoms with Crippen molar-refractivity contribution in [2.75, 3.05) is 13.6 Å². The van der Waals surface area contributed by atoms with Crippen LogP contribution in [0.15, 0.2) is 0 Å². The molecule has 2 unspecified atom stereocenters. The van der Waals surface area contributed by atoms with E-state index in [1.54, 1.807) is 7.05 Å². The molecule has 0 radical (unpaired) electrons. The van der Waals surface area contributed by atoms with Gasteiger partial charge in [0.15, 0.2) is 0 Å². The summed E-state index contributed by atoms with van der Waals surface area (Å²) in [6.07, 6.45) is 1.07. The Kier molecular flexibility index (Phi) is 2.18. The smallest absolute Gasteiger partial charge is 0.235 e. The Bertz CT molecular complexity index is 128. The quantitative estimate of drug-likeness (QED) is 0.515. The minimum atomic E-state index is -1.78. The monoisotopic (exact) mass is 150 g/mol. The normalized spacial score (nSPS) is 31.6. The van der Waals surface area contributed by atoms with E-state index in [9.17, 15) is 4.21 Å². The van der Waals surface area contributed by atoms with Gasteiger partial charge in [-0.1, -0.05) is 0 Å². The van der Waals surface area contributed by atoms with E-state index in [-0.39, 0.29) is 6.17 Å². The average Bonchev–Trinajstić information content (AvgIpc) is 1.61. The van der Waals surface area contributed by atoms with Crippen LogP contribution >= 0.6 is 0 Å². The molecule has 54 valence electrons. The molecule has 0 amide bonds. The van der Waals surface area contributed by atoms with Crippen LogP contribution in [0.1, 0.15) is 6.42 Å². The van der Waals surface area contributed by atoms with Gasteiger partial charge in [-0.15, -0.1) is 0 Å². The second kappa shape index (κ2) is 2.74. The molecule has 0 aromatic carbocycles. The second-order valence-corrected chi connectivity index (χ2v) is 2.90. The molecule has 1 fully saturated rings. The predicted octanol–water partition coefficient (Wildman–Crippen LogP) is -0.626. The van der Waals surface area contributed by atoms with E-state index >= 15 is 0 Å². The Morgan fingerprint density at radius 3 is 2.67 bits per heavy atom. The molecule has 0 bridgehead atoms. The third-order valence-corrected chi connectivity index (χ3v) is 2.34. The van der Waals surface area contributed by atoms with E-state index in [0.717, 1.165) is 6.42 Å². The van der Waals surface area contributed by atoms with Crippen LogP contribution in [0.2, 0.25) is 0 Å². The number of nitrogens with zero attached hydrogens (tertiary/aromatic N) is 1. The van der Waals surface area contributed by atoms with Gasteiger partial charge in [-0.05, 0) is 13.5 Å². The first kappa shape index (κ1) is 7.14. The van der Waals surface area contributed by atoms with Crippen molar-refractivity contribution in [3.63, 3.8) is 0 Å². The summed E-state index contributed by atoms with van der Waals surface area (Å²) >= 11 is -1.78. The highest BCUT2D eigenvalue weighted by atomic mass is 32.2. The molecular weight excluding hydrogens is 140 g/mol. The van der Waals surface area contributed by atoms with Crippen LogP contribution in [-0.4, -0.2) is 32.8 Å². The minimum Gasteiger partial charge on any atom is -0.304 e. The Hall–Kier alpha value is 0.0300. The lowest BCUT2D eigenvalue weighted by Crippen LogP contribution is -2.55. The molecule has 0 aromatic heterocycles. The fourth-order valence-electron chi connectivity index (χ4n) is 0.839. The van der Waals surface area contributed by atoms with Crippen LogP contribution in [-0.2, 0) is 11.3 Å². The number of hydrogen-bond acceptors (Lipinski definition) is 2. The van der Waals surface area contributed by atoms with Gasteiger partial charge in [0.25, 0.3) is 0 Å². The van der Waals surface area contributed by atoms with E-state index < -0.39 is 11.3 Å². The lowest BCUT2D eigenvalue weighted by Gasteiger charge is -2.36. The molecule has 9 heavy (non-hydrogen) atoms. The molecule has 0 spiro atoms. The average molecular weight is 150 g/mol. The molecule has 1 aliphatic rings. The highest BCUT2D eigenvalue weighted by Gasteiger charge is 2.30. The van der Waals surface area contributed by atoms with E-state index in [4.69, 9.17) is 4.55 Å². The van der Waals surface area contributed by atoms with Gasteiger partial charge >= 0.3 is 0 Å². The SMILES string of the molecule is CNC1CCN1S(=O)O. The highest BCUT2D eigenvalue weighted by molar-refractivity contribution is 7.76. The van der Waals surface area contributed by atoms with Crippen LogP contribution < -0.4 is 5.32 Å². The molecule has 5 heteroatoms. The fourth-order valence-corrected chi connectivity index (χ4v) is 1.53. The molecule has 1 rings (SSSR count). The lowest BCUT2D eigenvalue weighted by molar-refractivity contribution is 0.169. The van der Waals surface area contributed by atoms with Gasteiger partial charge in [-0.25, -0.2) is 4.21 Å². The number of hydrogen-bond donors (Lipinski definition) is 2. The highest BCUT2D eigenvalue weighted by Crippen LogP contribution is 2.14. The Labute approximate surface area is 56.7 Å². The minimum absolute atomic E-state index is 0.107. The van der Waals surface area contributed by atoms with E-state index in [2.05, 4.69) is 5.32 Å². The van der Waals surface area contributed by atoms with Gasteiger partial charge in [0, 0.05) is 6.54 Å². The molecule has 1 aliphatic heterocycles. The topological polar surface area (TPSA) is 52.6 Å². The Morgan fingerprint density at radius 2 is 2.56 bits per heavy atom. The van der Waals surface area contributed by atoms with Gasteiger partial charge in [-0.3, -0.25) is 4.55 Å². The zero-order valence-corrected chi connectivity index (χ0v) is 6.02. The van der Waals surface area contributed by atoms with E-state index in [1.165, 1.54) is 4.31 Å². The zero-order valence-electron chi connectivity index (χ0n) is 5.20. The molecule has 0 saturated carbocycles. The summed E-state index contributed by atoms with van der Waals surface area (Å²) in [5, 5.41) is 2.91. The fraction of sp³-hybridized carbons (Fsp3) is 1.00. The summed E-state index contributed by atoms with van der Waals surface area (Å²) in [6, 6.07) is 0. The first-order valence-electron chi connectivity index (χ1n) is 2.80. The first-order chi connectivity index (χ1) is 4.25. The summed E-state index contributed by atoms with van der Waals surface area (Å²) in [5.41, 5.74) is 0. The molecule has 1 saturated heterocycles. The summed E-state index contributed by atoms with van der Waals surface area (Å²) in [7, 11) is 1.78. The van der Waals surface area contributed by atoms with Crippen LogP contribution in [0, 0.1) is 0 Å². The van der Waals surface area contributed by atoms with Crippen molar-refractivity contribution in [1.82, 2.24) is 9.62 Å². The Morgan fingerprint density at radius 1 is 1.89 bits per heavy atom. The Balaban J connectivity index is 2.35. The maximum atomic E-state index is 10.3. The zero-order chi connectivity index (χ0) is 6.85. The maximum Gasteiger partial charge on any atom is 0.235 e. The molecular formula is C4H10N2O2S. The van der Waals surface area contributed by atoms with Gasteiger partial charge in [0.2, 0.25) is 11.3 Å². The molecule has 4 nitrogen and oxygen atoms in total. The largest absolute Gasteiger partial charge is 0.304 e.